The minimum Gasteiger partial charge on any atom is -0.359 e. The van der Waals surface area contributed by atoms with Gasteiger partial charge in [0.05, 0.1) is 10.5 Å². The zero-order valence-electron chi connectivity index (χ0n) is 15.4. The highest BCUT2D eigenvalue weighted by molar-refractivity contribution is 9.10. The molecule has 4 rings (SSSR count). The number of hydrazine groups is 1. The number of nitrogens with zero attached hydrogens (tertiary/aromatic N) is 2. The average Bonchev–Trinajstić information content (AvgIpc) is 2.76. The number of fused-ring (bicyclic) bond motifs is 1. The van der Waals surface area contributed by atoms with E-state index in [1.54, 1.807) is 54.6 Å². The zero-order valence-corrected chi connectivity index (χ0v) is 17.0. The number of hydrogen-bond acceptors (Lipinski definition) is 5. The topological polar surface area (TPSA) is 105 Å². The standard InChI is InChI=1S/C21H15BrN4O4/c22-15-10-8-13(9-11-15)20(27)24-25-19(14-4-3-5-16(12-14)26(29)30)23-18-7-2-1-6-17(18)21(25)28/h1-12,19,23H,(H,24,27)/t19-/m1/s1. The molecule has 3 aromatic carbocycles. The number of para-hydroxylation sites is 1. The summed E-state index contributed by atoms with van der Waals surface area (Å²) in [7, 11) is 0. The van der Waals surface area contributed by atoms with Crippen LogP contribution in [0.4, 0.5) is 11.4 Å². The quantitative estimate of drug-likeness (QED) is 0.441. The molecule has 30 heavy (non-hydrogen) atoms. The number of anilines is 1. The van der Waals surface area contributed by atoms with Gasteiger partial charge in [-0.2, -0.15) is 0 Å². The number of nitro groups is 1. The molecule has 0 aromatic heterocycles. The van der Waals surface area contributed by atoms with E-state index in [1.165, 1.54) is 18.2 Å². The van der Waals surface area contributed by atoms with Crippen molar-refractivity contribution in [2.45, 2.75) is 6.17 Å². The van der Waals surface area contributed by atoms with Gasteiger partial charge in [-0.15, -0.1) is 0 Å². The molecule has 1 atom stereocenters. The van der Waals surface area contributed by atoms with E-state index in [1.807, 2.05) is 0 Å². The summed E-state index contributed by atoms with van der Waals surface area (Å²) in [4.78, 5) is 36.6. The number of halogens is 1. The molecule has 9 heteroatoms. The van der Waals surface area contributed by atoms with E-state index < -0.39 is 22.9 Å². The van der Waals surface area contributed by atoms with Gasteiger partial charge in [0, 0.05) is 33.4 Å². The van der Waals surface area contributed by atoms with Gasteiger partial charge in [0.25, 0.3) is 17.5 Å². The van der Waals surface area contributed by atoms with Gasteiger partial charge in [-0.1, -0.05) is 40.2 Å². The summed E-state index contributed by atoms with van der Waals surface area (Å²) in [6.45, 7) is 0. The molecule has 2 amide bonds. The Morgan fingerprint density at radius 3 is 2.53 bits per heavy atom. The molecule has 2 N–H and O–H groups in total. The summed E-state index contributed by atoms with van der Waals surface area (Å²) in [5, 5.41) is 15.5. The maximum Gasteiger partial charge on any atom is 0.276 e. The number of nitrogens with one attached hydrogen (secondary N) is 2. The Labute approximate surface area is 179 Å². The fraction of sp³-hybridized carbons (Fsp3) is 0.0476. The second kappa shape index (κ2) is 7.96. The number of carbonyl (C=O) groups excluding carboxylic acids is 2. The smallest absolute Gasteiger partial charge is 0.276 e. The third kappa shape index (κ3) is 3.74. The third-order valence-electron chi connectivity index (χ3n) is 4.65. The van der Waals surface area contributed by atoms with Crippen LogP contribution in [0.2, 0.25) is 0 Å². The van der Waals surface area contributed by atoms with Crippen LogP contribution in [-0.4, -0.2) is 21.7 Å². The Balaban J connectivity index is 1.73. The van der Waals surface area contributed by atoms with Gasteiger partial charge >= 0.3 is 0 Å². The average molecular weight is 467 g/mol. The second-order valence-electron chi connectivity index (χ2n) is 6.57. The van der Waals surface area contributed by atoms with Gasteiger partial charge in [0.2, 0.25) is 0 Å². The number of non-ortho nitro benzene ring substituents is 1. The fourth-order valence-corrected chi connectivity index (χ4v) is 3.45. The van der Waals surface area contributed by atoms with Crippen molar-refractivity contribution >= 4 is 39.1 Å². The Kier molecular flexibility index (Phi) is 5.20. The summed E-state index contributed by atoms with van der Waals surface area (Å²) in [6, 6.07) is 19.5. The molecular formula is C21H15BrN4O4. The number of rotatable bonds is 4. The van der Waals surface area contributed by atoms with Crippen molar-refractivity contribution < 1.29 is 14.5 Å². The van der Waals surface area contributed by atoms with Crippen LogP contribution in [-0.2, 0) is 0 Å². The number of carbonyl (C=O) groups is 2. The first kappa shape index (κ1) is 19.6. The molecule has 3 aromatic rings. The van der Waals surface area contributed by atoms with E-state index >= 15 is 0 Å². The molecule has 150 valence electrons. The van der Waals surface area contributed by atoms with Crippen molar-refractivity contribution in [3.63, 3.8) is 0 Å². The largest absolute Gasteiger partial charge is 0.359 e. The van der Waals surface area contributed by atoms with E-state index in [2.05, 4.69) is 26.7 Å². The molecule has 0 fully saturated rings. The van der Waals surface area contributed by atoms with Gasteiger partial charge in [-0.05, 0) is 36.4 Å². The van der Waals surface area contributed by atoms with Gasteiger partial charge in [0.1, 0.15) is 6.17 Å². The first-order valence-electron chi connectivity index (χ1n) is 8.94. The van der Waals surface area contributed by atoms with E-state index in [0.29, 0.717) is 22.4 Å². The van der Waals surface area contributed by atoms with Crippen LogP contribution in [0.25, 0.3) is 0 Å². The Hall–Kier alpha value is -3.72. The van der Waals surface area contributed by atoms with Gasteiger partial charge in [0.15, 0.2) is 0 Å². The second-order valence-corrected chi connectivity index (χ2v) is 7.48. The third-order valence-corrected chi connectivity index (χ3v) is 5.18. The van der Waals surface area contributed by atoms with Crippen LogP contribution in [0.5, 0.6) is 0 Å². The number of benzene rings is 3. The van der Waals surface area contributed by atoms with E-state index in [0.717, 1.165) is 9.48 Å². The summed E-state index contributed by atoms with van der Waals surface area (Å²) in [5.41, 5.74) is 4.31. The Bertz CT molecular complexity index is 1150. The molecule has 1 aliphatic rings. The first-order valence-corrected chi connectivity index (χ1v) is 9.73. The molecule has 0 aliphatic carbocycles. The lowest BCUT2D eigenvalue weighted by Gasteiger charge is -2.37. The summed E-state index contributed by atoms with van der Waals surface area (Å²) < 4.78 is 0.818. The molecule has 0 bridgehead atoms. The van der Waals surface area contributed by atoms with Gasteiger partial charge < -0.3 is 5.32 Å². The predicted molar refractivity (Wildman–Crippen MR) is 114 cm³/mol. The lowest BCUT2D eigenvalue weighted by Crippen LogP contribution is -2.52. The molecule has 1 heterocycles. The van der Waals surface area contributed by atoms with Crippen LogP contribution in [0.1, 0.15) is 32.4 Å². The highest BCUT2D eigenvalue weighted by Crippen LogP contribution is 2.33. The lowest BCUT2D eigenvalue weighted by atomic mass is 10.0. The van der Waals surface area contributed by atoms with Crippen LogP contribution >= 0.6 is 15.9 Å². The minimum absolute atomic E-state index is 0.111. The van der Waals surface area contributed by atoms with E-state index in [4.69, 9.17) is 0 Å². The van der Waals surface area contributed by atoms with Crippen molar-refractivity contribution in [1.29, 1.82) is 0 Å². The first-order chi connectivity index (χ1) is 14.4. The Morgan fingerprint density at radius 2 is 1.80 bits per heavy atom. The molecule has 1 aliphatic heterocycles. The van der Waals surface area contributed by atoms with Crippen molar-refractivity contribution in [2.75, 3.05) is 5.32 Å². The monoisotopic (exact) mass is 466 g/mol. The summed E-state index contributed by atoms with van der Waals surface area (Å²) >= 11 is 3.32. The number of hydrogen-bond donors (Lipinski definition) is 2. The van der Waals surface area contributed by atoms with E-state index in [9.17, 15) is 19.7 Å². The molecule has 0 unspecified atom stereocenters. The normalized spacial score (nSPS) is 15.2. The SMILES string of the molecule is O=C(NN1C(=O)c2ccccc2N[C@H]1c1cccc([N+](=O)[O-])c1)c1ccc(Br)cc1. The highest BCUT2D eigenvalue weighted by Gasteiger charge is 2.35. The van der Waals surface area contributed by atoms with Gasteiger partial charge in [-0.3, -0.25) is 25.1 Å². The fourth-order valence-electron chi connectivity index (χ4n) is 3.19. The maximum absolute atomic E-state index is 13.2. The zero-order chi connectivity index (χ0) is 21.3. The molecule has 0 saturated carbocycles. The number of nitro benzene ring substituents is 1. The van der Waals surface area contributed by atoms with Crippen molar-refractivity contribution in [3.8, 4) is 0 Å². The minimum atomic E-state index is -0.827. The Morgan fingerprint density at radius 1 is 1.07 bits per heavy atom. The molecule has 8 nitrogen and oxygen atoms in total. The molecule has 0 spiro atoms. The molecule has 0 radical (unpaired) electrons. The maximum atomic E-state index is 13.2. The van der Waals surface area contributed by atoms with Crippen molar-refractivity contribution in [2.24, 2.45) is 0 Å². The lowest BCUT2D eigenvalue weighted by molar-refractivity contribution is -0.384. The molecule has 0 saturated heterocycles. The van der Waals surface area contributed by atoms with E-state index in [-0.39, 0.29) is 5.69 Å². The number of amides is 2. The predicted octanol–water partition coefficient (Wildman–Crippen LogP) is 4.27. The highest BCUT2D eigenvalue weighted by atomic mass is 79.9. The van der Waals surface area contributed by atoms with Crippen molar-refractivity contribution in [3.05, 3.63) is 104 Å². The van der Waals surface area contributed by atoms with Crippen molar-refractivity contribution in [1.82, 2.24) is 10.4 Å². The van der Waals surface area contributed by atoms with Crippen LogP contribution in [0.3, 0.4) is 0 Å². The van der Waals surface area contributed by atoms with Gasteiger partial charge in [-0.25, -0.2) is 5.01 Å². The molecular weight excluding hydrogens is 452 g/mol. The van der Waals surface area contributed by atoms with Crippen LogP contribution in [0.15, 0.2) is 77.3 Å². The van der Waals surface area contributed by atoms with Crippen LogP contribution < -0.4 is 10.7 Å². The van der Waals surface area contributed by atoms with Crippen LogP contribution in [0, 0.1) is 10.1 Å². The summed E-state index contributed by atoms with van der Waals surface area (Å²) in [6.07, 6.45) is -0.827. The summed E-state index contributed by atoms with van der Waals surface area (Å²) in [5.74, 6) is -0.904.